The molecule has 0 saturated heterocycles. The molecule has 3 aromatic rings. The van der Waals surface area contributed by atoms with Gasteiger partial charge in [0.05, 0.1) is 12.5 Å². The lowest BCUT2D eigenvalue weighted by molar-refractivity contribution is 0.0993. The average molecular weight is 388 g/mol. The van der Waals surface area contributed by atoms with Crippen molar-refractivity contribution in [2.75, 3.05) is 12.4 Å². The zero-order valence-corrected chi connectivity index (χ0v) is 14.6. The van der Waals surface area contributed by atoms with Crippen molar-refractivity contribution in [2.45, 2.75) is 6.92 Å². The molecule has 0 radical (unpaired) electrons. The van der Waals surface area contributed by atoms with Gasteiger partial charge in [0.2, 0.25) is 0 Å². The number of amides is 1. The van der Waals surface area contributed by atoms with Crippen molar-refractivity contribution >= 4 is 38.3 Å². The van der Waals surface area contributed by atoms with Crippen molar-refractivity contribution in [1.29, 1.82) is 0 Å². The number of carbonyl (C=O) groups is 1. The first-order chi connectivity index (χ1) is 11.5. The summed E-state index contributed by atoms with van der Waals surface area (Å²) in [5.41, 5.74) is 0.963. The molecular formula is C18H14BrNO4. The predicted octanol–water partition coefficient (Wildman–Crippen LogP) is 4.12. The SMILES string of the molecule is COc1ccc2c(=O)oc(C(=O)Nc3cccc(Br)c3C)cc2c1. The second-order valence-electron chi connectivity index (χ2n) is 5.22. The summed E-state index contributed by atoms with van der Waals surface area (Å²) in [6.07, 6.45) is 0. The normalized spacial score (nSPS) is 10.6. The quantitative estimate of drug-likeness (QED) is 0.733. The molecule has 1 aromatic heterocycles. The molecule has 0 spiro atoms. The number of fused-ring (bicyclic) bond motifs is 1. The Morgan fingerprint density at radius 3 is 2.75 bits per heavy atom. The largest absolute Gasteiger partial charge is 0.497 e. The van der Waals surface area contributed by atoms with E-state index in [1.165, 1.54) is 13.2 Å². The molecule has 0 aliphatic rings. The molecule has 122 valence electrons. The van der Waals surface area contributed by atoms with Gasteiger partial charge in [-0.2, -0.15) is 0 Å². The van der Waals surface area contributed by atoms with Gasteiger partial charge in [-0.1, -0.05) is 22.0 Å². The smallest absolute Gasteiger partial charge is 0.344 e. The van der Waals surface area contributed by atoms with Crippen molar-refractivity contribution in [3.63, 3.8) is 0 Å². The summed E-state index contributed by atoms with van der Waals surface area (Å²) in [6.45, 7) is 1.88. The first kappa shape index (κ1) is 16.3. The molecule has 0 fully saturated rings. The zero-order chi connectivity index (χ0) is 17.3. The number of hydrogen-bond acceptors (Lipinski definition) is 4. The lowest BCUT2D eigenvalue weighted by Crippen LogP contribution is -2.15. The van der Waals surface area contributed by atoms with Crippen LogP contribution in [0.2, 0.25) is 0 Å². The minimum absolute atomic E-state index is 0.0554. The zero-order valence-electron chi connectivity index (χ0n) is 13.1. The van der Waals surface area contributed by atoms with E-state index in [1.54, 1.807) is 24.3 Å². The Balaban J connectivity index is 2.00. The molecule has 0 atom stereocenters. The van der Waals surface area contributed by atoms with Crippen molar-refractivity contribution in [1.82, 2.24) is 0 Å². The van der Waals surface area contributed by atoms with Crippen LogP contribution in [0.25, 0.3) is 10.8 Å². The number of anilines is 1. The Labute approximate surface area is 146 Å². The van der Waals surface area contributed by atoms with Crippen LogP contribution >= 0.6 is 15.9 Å². The van der Waals surface area contributed by atoms with E-state index in [0.717, 1.165) is 10.0 Å². The molecule has 0 unspecified atom stereocenters. The Bertz CT molecular complexity index is 994. The van der Waals surface area contributed by atoms with E-state index >= 15 is 0 Å². The number of halogens is 1. The monoisotopic (exact) mass is 387 g/mol. The molecule has 0 saturated carbocycles. The van der Waals surface area contributed by atoms with E-state index in [0.29, 0.717) is 22.2 Å². The van der Waals surface area contributed by atoms with Crippen molar-refractivity contribution in [2.24, 2.45) is 0 Å². The van der Waals surface area contributed by atoms with Crippen molar-refractivity contribution < 1.29 is 13.9 Å². The van der Waals surface area contributed by atoms with E-state index in [9.17, 15) is 9.59 Å². The van der Waals surface area contributed by atoms with E-state index < -0.39 is 11.5 Å². The van der Waals surface area contributed by atoms with Crippen LogP contribution in [0.1, 0.15) is 16.1 Å². The Hall–Kier alpha value is -2.60. The minimum Gasteiger partial charge on any atom is -0.497 e. The van der Waals surface area contributed by atoms with E-state index in [-0.39, 0.29) is 5.76 Å². The van der Waals surface area contributed by atoms with Gasteiger partial charge in [0.15, 0.2) is 5.76 Å². The molecule has 0 bridgehead atoms. The molecule has 2 aromatic carbocycles. The van der Waals surface area contributed by atoms with Crippen molar-refractivity contribution in [3.05, 3.63) is 68.7 Å². The van der Waals surface area contributed by atoms with Gasteiger partial charge in [-0.05, 0) is 54.3 Å². The number of methoxy groups -OCH3 is 1. The maximum atomic E-state index is 12.4. The lowest BCUT2D eigenvalue weighted by atomic mass is 10.1. The summed E-state index contributed by atoms with van der Waals surface area (Å²) in [5.74, 6) is 0.0560. The third kappa shape index (κ3) is 3.05. The molecule has 3 rings (SSSR count). The molecule has 1 amide bonds. The molecule has 0 aliphatic carbocycles. The van der Waals surface area contributed by atoms with E-state index in [1.807, 2.05) is 19.1 Å². The summed E-state index contributed by atoms with van der Waals surface area (Å²) in [5, 5.41) is 3.73. The standard InChI is InChI=1S/C18H14BrNO4/c1-10-14(19)4-3-5-15(10)20-17(21)16-9-11-8-12(23-2)6-7-13(11)18(22)24-16/h3-9H,1-2H3,(H,20,21). The summed E-state index contributed by atoms with van der Waals surface area (Å²) >= 11 is 3.41. The van der Waals surface area contributed by atoms with Crippen LogP contribution in [-0.2, 0) is 0 Å². The van der Waals surface area contributed by atoms with Gasteiger partial charge in [-0.15, -0.1) is 0 Å². The Morgan fingerprint density at radius 1 is 1.21 bits per heavy atom. The maximum Gasteiger partial charge on any atom is 0.344 e. The van der Waals surface area contributed by atoms with Gasteiger partial charge in [0.25, 0.3) is 5.91 Å². The fourth-order valence-corrected chi connectivity index (χ4v) is 2.70. The summed E-state index contributed by atoms with van der Waals surface area (Å²) in [4.78, 5) is 24.5. The Kier molecular flexibility index (Phi) is 4.40. The molecule has 24 heavy (non-hydrogen) atoms. The highest BCUT2D eigenvalue weighted by molar-refractivity contribution is 9.10. The first-order valence-corrected chi connectivity index (χ1v) is 7.97. The first-order valence-electron chi connectivity index (χ1n) is 7.18. The summed E-state index contributed by atoms with van der Waals surface area (Å²) < 4.78 is 11.2. The molecule has 5 nitrogen and oxygen atoms in total. The molecule has 1 heterocycles. The molecule has 0 aliphatic heterocycles. The third-order valence-corrected chi connectivity index (χ3v) is 4.57. The second kappa shape index (κ2) is 6.49. The van der Waals surface area contributed by atoms with Crippen LogP contribution in [0.15, 0.2) is 56.1 Å². The number of benzene rings is 2. The predicted molar refractivity (Wildman–Crippen MR) is 95.9 cm³/mol. The fraction of sp³-hybridized carbons (Fsp3) is 0.111. The fourth-order valence-electron chi connectivity index (χ4n) is 2.34. The second-order valence-corrected chi connectivity index (χ2v) is 6.07. The van der Waals surface area contributed by atoms with Crippen molar-refractivity contribution in [3.8, 4) is 5.75 Å². The van der Waals surface area contributed by atoms with E-state index in [4.69, 9.17) is 9.15 Å². The van der Waals surface area contributed by atoms with Gasteiger partial charge in [0.1, 0.15) is 5.75 Å². The maximum absolute atomic E-state index is 12.4. The lowest BCUT2D eigenvalue weighted by Gasteiger charge is -2.09. The number of hydrogen-bond donors (Lipinski definition) is 1. The van der Waals surface area contributed by atoms with Gasteiger partial charge >= 0.3 is 5.63 Å². The average Bonchev–Trinajstić information content (AvgIpc) is 2.58. The molecule has 6 heteroatoms. The summed E-state index contributed by atoms with van der Waals surface area (Å²) in [7, 11) is 1.54. The van der Waals surface area contributed by atoms with E-state index in [2.05, 4.69) is 21.2 Å². The van der Waals surface area contributed by atoms with Gasteiger partial charge in [-0.3, -0.25) is 4.79 Å². The summed E-state index contributed by atoms with van der Waals surface area (Å²) in [6, 6.07) is 12.0. The van der Waals surface area contributed by atoms with Gasteiger partial charge in [0, 0.05) is 10.2 Å². The molecule has 1 N–H and O–H groups in total. The third-order valence-electron chi connectivity index (χ3n) is 3.71. The number of rotatable bonds is 3. The van der Waals surface area contributed by atoms with Crippen LogP contribution < -0.4 is 15.7 Å². The van der Waals surface area contributed by atoms with Crippen LogP contribution in [0, 0.1) is 6.92 Å². The number of carbonyl (C=O) groups excluding carboxylic acids is 1. The van der Waals surface area contributed by atoms with Crippen LogP contribution in [0.3, 0.4) is 0 Å². The highest BCUT2D eigenvalue weighted by Crippen LogP contribution is 2.24. The van der Waals surface area contributed by atoms with Gasteiger partial charge < -0.3 is 14.5 Å². The number of nitrogens with one attached hydrogen (secondary N) is 1. The number of ether oxygens (including phenoxy) is 1. The minimum atomic E-state index is -0.564. The highest BCUT2D eigenvalue weighted by atomic mass is 79.9. The highest BCUT2D eigenvalue weighted by Gasteiger charge is 2.14. The topological polar surface area (TPSA) is 68.5 Å². The van der Waals surface area contributed by atoms with Crippen LogP contribution in [0.4, 0.5) is 5.69 Å². The Morgan fingerprint density at radius 2 is 2.00 bits per heavy atom. The van der Waals surface area contributed by atoms with Crippen LogP contribution in [0.5, 0.6) is 5.75 Å². The van der Waals surface area contributed by atoms with Crippen LogP contribution in [-0.4, -0.2) is 13.0 Å². The van der Waals surface area contributed by atoms with Gasteiger partial charge in [-0.25, -0.2) is 4.79 Å². The molecular weight excluding hydrogens is 374 g/mol.